The summed E-state index contributed by atoms with van der Waals surface area (Å²) in [7, 11) is 0. The van der Waals surface area contributed by atoms with Crippen LogP contribution in [0.5, 0.6) is 0 Å². The first kappa shape index (κ1) is 13.7. The first-order valence-electron chi connectivity index (χ1n) is 7.11. The molecule has 110 valence electrons. The molecule has 1 aliphatic rings. The van der Waals surface area contributed by atoms with Crippen LogP contribution in [0, 0.1) is 5.82 Å². The Bertz CT molecular complexity index is 614. The van der Waals surface area contributed by atoms with Gasteiger partial charge in [-0.15, -0.1) is 0 Å². The van der Waals surface area contributed by atoms with Crippen molar-refractivity contribution >= 4 is 5.91 Å². The van der Waals surface area contributed by atoms with E-state index in [1.54, 1.807) is 6.07 Å². The lowest BCUT2D eigenvalue weighted by molar-refractivity contribution is -0.136. The molecule has 0 N–H and O–H groups in total. The maximum Gasteiger partial charge on any atom is 0.244 e. The number of halogens is 1. The molecule has 0 spiro atoms. The smallest absolute Gasteiger partial charge is 0.244 e. The van der Waals surface area contributed by atoms with E-state index in [2.05, 4.69) is 10.1 Å². The summed E-state index contributed by atoms with van der Waals surface area (Å²) in [5.74, 6) is -0.267. The summed E-state index contributed by atoms with van der Waals surface area (Å²) in [6.07, 6.45) is 5.84. The largest absolute Gasteiger partial charge is 0.334 e. The van der Waals surface area contributed by atoms with Crippen LogP contribution in [0.3, 0.4) is 0 Å². The molecule has 2 aromatic rings. The predicted molar refractivity (Wildman–Crippen MR) is 74.7 cm³/mol. The molecule has 1 fully saturated rings. The highest BCUT2D eigenvalue weighted by Crippen LogP contribution is 2.31. The van der Waals surface area contributed by atoms with Crippen LogP contribution in [0.15, 0.2) is 36.9 Å². The standard InChI is InChI=1S/C15H17FN4O/c16-13-5-3-4-12(8-13)14-6-1-2-7-20(14)15(21)9-19-11-17-10-18-19/h3-5,8,10-11,14H,1-2,6-7,9H2. The van der Waals surface area contributed by atoms with Gasteiger partial charge in [0.15, 0.2) is 0 Å². The number of hydrogen-bond donors (Lipinski definition) is 0. The average Bonchev–Trinajstić information content (AvgIpc) is 3.00. The molecule has 0 radical (unpaired) electrons. The molecule has 0 bridgehead atoms. The van der Waals surface area contributed by atoms with Gasteiger partial charge in [0.1, 0.15) is 25.0 Å². The van der Waals surface area contributed by atoms with E-state index in [9.17, 15) is 9.18 Å². The maximum atomic E-state index is 13.4. The van der Waals surface area contributed by atoms with Gasteiger partial charge in [0.05, 0.1) is 6.04 Å². The number of hydrogen-bond acceptors (Lipinski definition) is 3. The number of nitrogens with zero attached hydrogens (tertiary/aromatic N) is 4. The Morgan fingerprint density at radius 2 is 2.29 bits per heavy atom. The fourth-order valence-corrected chi connectivity index (χ4v) is 2.83. The third-order valence-corrected chi connectivity index (χ3v) is 3.82. The fourth-order valence-electron chi connectivity index (χ4n) is 2.83. The third kappa shape index (κ3) is 3.09. The Morgan fingerprint density at radius 1 is 1.38 bits per heavy atom. The SMILES string of the molecule is O=C(Cn1cncn1)N1CCCCC1c1cccc(F)c1. The Kier molecular flexibility index (Phi) is 3.94. The summed E-state index contributed by atoms with van der Waals surface area (Å²) in [4.78, 5) is 18.2. The Labute approximate surface area is 122 Å². The van der Waals surface area contributed by atoms with Gasteiger partial charge >= 0.3 is 0 Å². The fraction of sp³-hybridized carbons (Fsp3) is 0.400. The van der Waals surface area contributed by atoms with E-state index in [4.69, 9.17) is 0 Å². The zero-order valence-electron chi connectivity index (χ0n) is 11.7. The summed E-state index contributed by atoms with van der Waals surface area (Å²) in [6.45, 7) is 0.876. The van der Waals surface area contributed by atoms with Crippen LogP contribution in [0.1, 0.15) is 30.9 Å². The highest BCUT2D eigenvalue weighted by molar-refractivity contribution is 5.76. The van der Waals surface area contributed by atoms with Crippen molar-refractivity contribution in [2.45, 2.75) is 31.8 Å². The van der Waals surface area contributed by atoms with Gasteiger partial charge in [0.25, 0.3) is 0 Å². The second-order valence-corrected chi connectivity index (χ2v) is 5.25. The summed E-state index contributed by atoms with van der Waals surface area (Å²) in [5, 5.41) is 3.96. The van der Waals surface area contributed by atoms with Crippen molar-refractivity contribution in [2.75, 3.05) is 6.54 Å². The first-order valence-corrected chi connectivity index (χ1v) is 7.11. The summed E-state index contributed by atoms with van der Waals surface area (Å²) in [6, 6.07) is 6.47. The van der Waals surface area contributed by atoms with Crippen LogP contribution in [-0.2, 0) is 11.3 Å². The molecule has 0 aliphatic carbocycles. The van der Waals surface area contributed by atoms with E-state index in [0.717, 1.165) is 24.8 Å². The van der Waals surface area contributed by atoms with Crippen molar-refractivity contribution in [1.29, 1.82) is 0 Å². The molecule has 1 atom stereocenters. The van der Waals surface area contributed by atoms with E-state index >= 15 is 0 Å². The third-order valence-electron chi connectivity index (χ3n) is 3.82. The minimum Gasteiger partial charge on any atom is -0.334 e. The highest BCUT2D eigenvalue weighted by Gasteiger charge is 2.28. The molecule has 1 aromatic carbocycles. The number of carbonyl (C=O) groups is 1. The van der Waals surface area contributed by atoms with Crippen LogP contribution < -0.4 is 0 Å². The van der Waals surface area contributed by atoms with Crippen molar-refractivity contribution in [2.24, 2.45) is 0 Å². The molecule has 1 amide bonds. The zero-order valence-corrected chi connectivity index (χ0v) is 11.7. The van der Waals surface area contributed by atoms with Crippen molar-refractivity contribution in [3.63, 3.8) is 0 Å². The van der Waals surface area contributed by atoms with Crippen molar-refractivity contribution < 1.29 is 9.18 Å². The number of carbonyl (C=O) groups excluding carboxylic acids is 1. The van der Waals surface area contributed by atoms with E-state index in [1.807, 2.05) is 11.0 Å². The van der Waals surface area contributed by atoms with E-state index in [1.165, 1.54) is 29.5 Å². The summed E-state index contributed by atoms with van der Waals surface area (Å²) in [5.41, 5.74) is 0.863. The molecule has 1 unspecified atom stereocenters. The van der Waals surface area contributed by atoms with Gasteiger partial charge in [-0.25, -0.2) is 14.1 Å². The lowest BCUT2D eigenvalue weighted by Gasteiger charge is -2.36. The van der Waals surface area contributed by atoms with Crippen LogP contribution in [0.25, 0.3) is 0 Å². The number of aromatic nitrogens is 3. The number of amides is 1. The number of rotatable bonds is 3. The minimum atomic E-state index is -0.262. The normalized spacial score (nSPS) is 18.7. The number of piperidine rings is 1. The van der Waals surface area contributed by atoms with Crippen molar-refractivity contribution in [1.82, 2.24) is 19.7 Å². The molecule has 0 saturated carbocycles. The molecule has 1 aliphatic heterocycles. The second kappa shape index (κ2) is 6.03. The van der Waals surface area contributed by atoms with Crippen LogP contribution in [-0.4, -0.2) is 32.1 Å². The zero-order chi connectivity index (χ0) is 14.7. The van der Waals surface area contributed by atoms with E-state index < -0.39 is 0 Å². The second-order valence-electron chi connectivity index (χ2n) is 5.25. The molecule has 2 heterocycles. The number of likely N-dealkylation sites (tertiary alicyclic amines) is 1. The van der Waals surface area contributed by atoms with Gasteiger partial charge in [-0.3, -0.25) is 4.79 Å². The first-order chi connectivity index (χ1) is 10.2. The predicted octanol–water partition coefficient (Wildman–Crippen LogP) is 2.17. The van der Waals surface area contributed by atoms with Crippen molar-refractivity contribution in [3.05, 3.63) is 48.3 Å². The monoisotopic (exact) mass is 288 g/mol. The number of benzene rings is 1. The molecular weight excluding hydrogens is 271 g/mol. The van der Waals surface area contributed by atoms with Gasteiger partial charge in [0.2, 0.25) is 5.91 Å². The average molecular weight is 288 g/mol. The van der Waals surface area contributed by atoms with E-state index in [-0.39, 0.29) is 24.3 Å². The van der Waals surface area contributed by atoms with Gasteiger partial charge in [-0.2, -0.15) is 5.10 Å². The molecule has 1 aromatic heterocycles. The molecule has 1 saturated heterocycles. The highest BCUT2D eigenvalue weighted by atomic mass is 19.1. The Hall–Kier alpha value is -2.24. The lowest BCUT2D eigenvalue weighted by Crippen LogP contribution is -2.40. The molecule has 6 heteroatoms. The minimum absolute atomic E-state index is 0.00513. The van der Waals surface area contributed by atoms with Crippen LogP contribution in [0.2, 0.25) is 0 Å². The summed E-state index contributed by atoms with van der Waals surface area (Å²) >= 11 is 0. The van der Waals surface area contributed by atoms with Crippen LogP contribution in [0.4, 0.5) is 4.39 Å². The van der Waals surface area contributed by atoms with Crippen molar-refractivity contribution in [3.8, 4) is 0 Å². The van der Waals surface area contributed by atoms with Gasteiger partial charge in [0, 0.05) is 6.54 Å². The lowest BCUT2D eigenvalue weighted by atomic mass is 9.95. The molecule has 21 heavy (non-hydrogen) atoms. The molecule has 3 rings (SSSR count). The molecular formula is C15H17FN4O. The Morgan fingerprint density at radius 3 is 3.05 bits per heavy atom. The van der Waals surface area contributed by atoms with Gasteiger partial charge in [-0.1, -0.05) is 12.1 Å². The van der Waals surface area contributed by atoms with Gasteiger partial charge in [-0.05, 0) is 37.0 Å². The maximum absolute atomic E-state index is 13.4. The van der Waals surface area contributed by atoms with Gasteiger partial charge < -0.3 is 4.90 Å². The molecule has 5 nitrogen and oxygen atoms in total. The Balaban J connectivity index is 1.79. The van der Waals surface area contributed by atoms with E-state index in [0.29, 0.717) is 6.54 Å². The summed E-state index contributed by atoms with van der Waals surface area (Å²) < 4.78 is 14.9. The quantitative estimate of drug-likeness (QED) is 0.869. The topological polar surface area (TPSA) is 51.0 Å². The van der Waals surface area contributed by atoms with Crippen LogP contribution >= 0.6 is 0 Å².